The molecule has 0 radical (unpaired) electrons. The maximum atomic E-state index is 11.9. The number of aldehydes is 1. The third-order valence-corrected chi connectivity index (χ3v) is 2.63. The molecule has 0 bridgehead atoms. The number of carbonyl (C=O) groups excluding carboxylic acids is 2. The minimum atomic E-state index is -0.163. The Balaban J connectivity index is 2.31. The molecule has 0 saturated carbocycles. The minimum Gasteiger partial charge on any atom is -0.461 e. The van der Waals surface area contributed by atoms with E-state index in [0.29, 0.717) is 17.4 Å². The Morgan fingerprint density at radius 1 is 1.19 bits per heavy atom. The van der Waals surface area contributed by atoms with E-state index in [1.807, 2.05) is 0 Å². The molecule has 1 heterocycles. The fourth-order valence-corrected chi connectivity index (χ4v) is 1.57. The van der Waals surface area contributed by atoms with Crippen LogP contribution < -0.4 is 0 Å². The number of rotatable bonds is 3. The lowest BCUT2D eigenvalue weighted by atomic mass is 10.1. The molecule has 1 aromatic heterocycles. The van der Waals surface area contributed by atoms with Crippen molar-refractivity contribution in [1.82, 2.24) is 0 Å². The van der Waals surface area contributed by atoms with Crippen LogP contribution in [0.5, 0.6) is 0 Å². The van der Waals surface area contributed by atoms with E-state index in [-0.39, 0.29) is 11.5 Å². The quantitative estimate of drug-likeness (QED) is 0.640. The van der Waals surface area contributed by atoms with Crippen LogP contribution in [0.1, 0.15) is 26.5 Å². The molecule has 1 aromatic carbocycles. The van der Waals surface area contributed by atoms with Crippen molar-refractivity contribution >= 4 is 28.0 Å². The minimum absolute atomic E-state index is 0.153. The summed E-state index contributed by atoms with van der Waals surface area (Å²) in [6, 6.07) is 8.42. The molecule has 2 rings (SSSR count). The van der Waals surface area contributed by atoms with Gasteiger partial charge in [-0.15, -0.1) is 0 Å². The van der Waals surface area contributed by atoms with E-state index in [2.05, 4.69) is 15.9 Å². The first-order valence-corrected chi connectivity index (χ1v) is 5.34. The zero-order valence-corrected chi connectivity index (χ0v) is 9.73. The third-order valence-electron chi connectivity index (χ3n) is 2.10. The topological polar surface area (TPSA) is 47.3 Å². The van der Waals surface area contributed by atoms with Gasteiger partial charge < -0.3 is 4.42 Å². The molecular weight excluding hydrogens is 272 g/mol. The Labute approximate surface area is 100 Å². The van der Waals surface area contributed by atoms with Crippen molar-refractivity contribution in [3.8, 4) is 0 Å². The van der Waals surface area contributed by atoms with E-state index in [9.17, 15) is 9.59 Å². The third kappa shape index (κ3) is 2.12. The maximum Gasteiger partial charge on any atom is 0.196 e. The van der Waals surface area contributed by atoms with Gasteiger partial charge in [-0.05, 0) is 30.3 Å². The summed E-state index contributed by atoms with van der Waals surface area (Å²) in [6.45, 7) is 0. The first-order valence-electron chi connectivity index (χ1n) is 4.54. The van der Waals surface area contributed by atoms with Gasteiger partial charge in [-0.25, -0.2) is 0 Å². The van der Waals surface area contributed by atoms with Crippen molar-refractivity contribution in [2.24, 2.45) is 0 Å². The van der Waals surface area contributed by atoms with Crippen LogP contribution >= 0.6 is 15.9 Å². The van der Waals surface area contributed by atoms with Crippen molar-refractivity contribution in [2.45, 2.75) is 0 Å². The zero-order valence-electron chi connectivity index (χ0n) is 8.14. The van der Waals surface area contributed by atoms with Gasteiger partial charge >= 0.3 is 0 Å². The second kappa shape index (κ2) is 4.45. The molecular formula is C12H7BrO3. The summed E-state index contributed by atoms with van der Waals surface area (Å²) in [7, 11) is 0. The van der Waals surface area contributed by atoms with Gasteiger partial charge in [0.05, 0.1) is 5.56 Å². The standard InChI is InChI=1S/C12H7BrO3/c13-10-3-1-8(2-4-10)12(15)9-5-11(6-14)16-7-9/h1-7H. The molecule has 80 valence electrons. The van der Waals surface area contributed by atoms with Gasteiger partial charge in [0.15, 0.2) is 17.8 Å². The highest BCUT2D eigenvalue weighted by Gasteiger charge is 2.11. The smallest absolute Gasteiger partial charge is 0.196 e. The Hall–Kier alpha value is -1.68. The van der Waals surface area contributed by atoms with Crippen LogP contribution in [0.3, 0.4) is 0 Å². The number of hydrogen-bond donors (Lipinski definition) is 0. The second-order valence-electron chi connectivity index (χ2n) is 3.19. The monoisotopic (exact) mass is 278 g/mol. The van der Waals surface area contributed by atoms with Crippen LogP contribution in [0, 0.1) is 0 Å². The van der Waals surface area contributed by atoms with Gasteiger partial charge in [0.2, 0.25) is 0 Å². The van der Waals surface area contributed by atoms with E-state index in [0.717, 1.165) is 4.47 Å². The van der Waals surface area contributed by atoms with Gasteiger partial charge in [-0.2, -0.15) is 0 Å². The molecule has 2 aromatic rings. The average Bonchev–Trinajstić information content (AvgIpc) is 2.77. The van der Waals surface area contributed by atoms with E-state index >= 15 is 0 Å². The van der Waals surface area contributed by atoms with Crippen LogP contribution in [0.15, 0.2) is 45.5 Å². The van der Waals surface area contributed by atoms with Crippen LogP contribution in [-0.4, -0.2) is 12.1 Å². The molecule has 0 N–H and O–H groups in total. The van der Waals surface area contributed by atoms with Crippen molar-refractivity contribution in [1.29, 1.82) is 0 Å². The number of furan rings is 1. The predicted octanol–water partition coefficient (Wildman–Crippen LogP) is 3.09. The lowest BCUT2D eigenvalue weighted by molar-refractivity contribution is 0.103. The van der Waals surface area contributed by atoms with Gasteiger partial charge in [0.1, 0.15) is 6.26 Å². The largest absolute Gasteiger partial charge is 0.461 e. The second-order valence-corrected chi connectivity index (χ2v) is 4.11. The van der Waals surface area contributed by atoms with Crippen molar-refractivity contribution < 1.29 is 14.0 Å². The Kier molecular flexibility index (Phi) is 3.01. The Bertz CT molecular complexity index is 525. The lowest BCUT2D eigenvalue weighted by Crippen LogP contribution is -1.98. The number of benzene rings is 1. The molecule has 0 aliphatic rings. The Morgan fingerprint density at radius 3 is 2.44 bits per heavy atom. The molecule has 3 nitrogen and oxygen atoms in total. The van der Waals surface area contributed by atoms with Crippen molar-refractivity contribution in [3.63, 3.8) is 0 Å². The molecule has 4 heteroatoms. The highest BCUT2D eigenvalue weighted by Crippen LogP contribution is 2.15. The van der Waals surface area contributed by atoms with E-state index in [1.54, 1.807) is 24.3 Å². The molecule has 0 spiro atoms. The zero-order chi connectivity index (χ0) is 11.5. The number of halogens is 1. The fourth-order valence-electron chi connectivity index (χ4n) is 1.30. The summed E-state index contributed by atoms with van der Waals surface area (Å²) in [6.07, 6.45) is 1.85. The van der Waals surface area contributed by atoms with Gasteiger partial charge in [-0.3, -0.25) is 9.59 Å². The number of ketones is 1. The summed E-state index contributed by atoms with van der Waals surface area (Å²) in [5, 5.41) is 0. The van der Waals surface area contributed by atoms with Crippen LogP contribution in [-0.2, 0) is 0 Å². The summed E-state index contributed by atoms with van der Waals surface area (Å²) in [5.41, 5.74) is 0.936. The first-order chi connectivity index (χ1) is 7.70. The van der Waals surface area contributed by atoms with Gasteiger partial charge in [0.25, 0.3) is 0 Å². The average molecular weight is 279 g/mol. The van der Waals surface area contributed by atoms with Gasteiger partial charge in [0, 0.05) is 10.0 Å². The van der Waals surface area contributed by atoms with E-state index < -0.39 is 0 Å². The van der Waals surface area contributed by atoms with Crippen LogP contribution in [0.4, 0.5) is 0 Å². The number of hydrogen-bond acceptors (Lipinski definition) is 3. The highest BCUT2D eigenvalue weighted by molar-refractivity contribution is 9.10. The van der Waals surface area contributed by atoms with Gasteiger partial charge in [-0.1, -0.05) is 15.9 Å². The summed E-state index contributed by atoms with van der Waals surface area (Å²) in [4.78, 5) is 22.3. The fraction of sp³-hybridized carbons (Fsp3) is 0. The molecule has 0 aliphatic heterocycles. The molecule has 0 unspecified atom stereocenters. The SMILES string of the molecule is O=Cc1cc(C(=O)c2ccc(Br)cc2)co1. The molecule has 0 aliphatic carbocycles. The number of carbonyl (C=O) groups is 2. The maximum absolute atomic E-state index is 11.9. The van der Waals surface area contributed by atoms with E-state index in [4.69, 9.17) is 4.42 Å². The molecule has 16 heavy (non-hydrogen) atoms. The molecule has 0 amide bonds. The molecule has 0 saturated heterocycles. The Morgan fingerprint density at radius 2 is 1.88 bits per heavy atom. The van der Waals surface area contributed by atoms with Crippen LogP contribution in [0.2, 0.25) is 0 Å². The van der Waals surface area contributed by atoms with E-state index in [1.165, 1.54) is 12.3 Å². The van der Waals surface area contributed by atoms with Crippen molar-refractivity contribution in [2.75, 3.05) is 0 Å². The normalized spacial score (nSPS) is 10.1. The summed E-state index contributed by atoms with van der Waals surface area (Å²) < 4.78 is 5.79. The lowest BCUT2D eigenvalue weighted by Gasteiger charge is -1.97. The predicted molar refractivity (Wildman–Crippen MR) is 61.7 cm³/mol. The highest BCUT2D eigenvalue weighted by atomic mass is 79.9. The van der Waals surface area contributed by atoms with Crippen molar-refractivity contribution in [3.05, 3.63) is 58.0 Å². The first kappa shape index (κ1) is 10.8. The van der Waals surface area contributed by atoms with Crippen LogP contribution in [0.25, 0.3) is 0 Å². The summed E-state index contributed by atoms with van der Waals surface area (Å²) >= 11 is 3.29. The summed E-state index contributed by atoms with van der Waals surface area (Å²) in [5.74, 6) is -0.00943. The molecule has 0 atom stereocenters. The molecule has 0 fully saturated rings.